The Morgan fingerprint density at radius 2 is 2.16 bits per heavy atom. The Labute approximate surface area is 188 Å². The summed E-state index contributed by atoms with van der Waals surface area (Å²) in [4.78, 5) is 12.8. The molecule has 0 radical (unpaired) electrons. The lowest BCUT2D eigenvalue weighted by Crippen LogP contribution is -2.57. The number of carbonyl (C=O) groups is 1. The van der Waals surface area contributed by atoms with E-state index in [0.29, 0.717) is 24.0 Å². The van der Waals surface area contributed by atoms with Crippen molar-refractivity contribution in [3.63, 3.8) is 0 Å². The summed E-state index contributed by atoms with van der Waals surface area (Å²) in [5.41, 5.74) is 4.39. The van der Waals surface area contributed by atoms with Crippen LogP contribution >= 0.6 is 0 Å². The standard InChI is InChI=1S/C26H32N2O4/c1-14-8-9-31-23(14)24(30)32-21-7-6-18-17-5-4-16-10-19-15(13-27-28-19)11-25(16,2)22(17)20(29)12-26(18,21)3/h8-10,13,17-18,20-22,29H,4-7,11-12H2,1-3H3,(H,27,28). The Kier molecular flexibility index (Phi) is 4.33. The first-order chi connectivity index (χ1) is 15.3. The fourth-order valence-electron chi connectivity index (χ4n) is 8.01. The summed E-state index contributed by atoms with van der Waals surface area (Å²) < 4.78 is 11.4. The van der Waals surface area contributed by atoms with Crippen LogP contribution < -0.4 is 0 Å². The summed E-state index contributed by atoms with van der Waals surface area (Å²) in [5, 5.41) is 19.0. The van der Waals surface area contributed by atoms with Crippen LogP contribution in [0.5, 0.6) is 0 Å². The molecule has 0 spiro atoms. The second-order valence-electron chi connectivity index (χ2n) is 11.1. The highest BCUT2D eigenvalue weighted by molar-refractivity contribution is 5.88. The molecule has 2 aromatic rings. The highest BCUT2D eigenvalue weighted by atomic mass is 16.6. The van der Waals surface area contributed by atoms with E-state index in [0.717, 1.165) is 43.4 Å². The molecular formula is C26H32N2O4. The molecule has 3 saturated carbocycles. The quantitative estimate of drug-likeness (QED) is 0.667. The van der Waals surface area contributed by atoms with Gasteiger partial charge >= 0.3 is 5.97 Å². The molecule has 4 aliphatic carbocycles. The van der Waals surface area contributed by atoms with Gasteiger partial charge in [0, 0.05) is 11.0 Å². The van der Waals surface area contributed by atoms with Crippen LogP contribution in [0.3, 0.4) is 0 Å². The van der Waals surface area contributed by atoms with Crippen molar-refractivity contribution in [3.05, 3.63) is 46.7 Å². The minimum absolute atomic E-state index is 0.0411. The van der Waals surface area contributed by atoms with Gasteiger partial charge in [0.05, 0.1) is 24.3 Å². The number of rotatable bonds is 2. The topological polar surface area (TPSA) is 88.4 Å². The molecule has 3 fully saturated rings. The Bertz CT molecular complexity index is 1100. The Morgan fingerprint density at radius 3 is 2.94 bits per heavy atom. The van der Waals surface area contributed by atoms with Crippen molar-refractivity contribution >= 4 is 12.0 Å². The van der Waals surface area contributed by atoms with E-state index in [1.165, 1.54) is 17.4 Å². The van der Waals surface area contributed by atoms with Gasteiger partial charge in [-0.2, -0.15) is 5.10 Å². The summed E-state index contributed by atoms with van der Waals surface area (Å²) in [6, 6.07) is 1.79. The lowest BCUT2D eigenvalue weighted by Gasteiger charge is -2.59. The van der Waals surface area contributed by atoms with Gasteiger partial charge in [0.2, 0.25) is 5.76 Å². The van der Waals surface area contributed by atoms with Crippen molar-refractivity contribution in [2.24, 2.45) is 28.6 Å². The maximum Gasteiger partial charge on any atom is 0.374 e. The minimum Gasteiger partial charge on any atom is -0.457 e. The van der Waals surface area contributed by atoms with Crippen LogP contribution in [0.2, 0.25) is 0 Å². The van der Waals surface area contributed by atoms with Crippen molar-refractivity contribution in [2.45, 2.75) is 71.5 Å². The number of aryl methyl sites for hydroxylation is 1. The maximum atomic E-state index is 12.8. The third-order valence-electron chi connectivity index (χ3n) is 9.50. The van der Waals surface area contributed by atoms with Crippen molar-refractivity contribution in [1.29, 1.82) is 0 Å². The molecule has 2 N–H and O–H groups in total. The molecule has 7 atom stereocenters. The zero-order chi connectivity index (χ0) is 22.3. The number of nitrogens with one attached hydrogen (secondary N) is 1. The normalized spacial score (nSPS) is 40.0. The number of hydrogen-bond acceptors (Lipinski definition) is 5. The Hall–Kier alpha value is -2.34. The van der Waals surface area contributed by atoms with E-state index in [1.807, 2.05) is 13.1 Å². The minimum atomic E-state index is -0.409. The van der Waals surface area contributed by atoms with E-state index in [1.54, 1.807) is 6.07 Å². The number of ether oxygens (including phenoxy) is 1. The van der Waals surface area contributed by atoms with Gasteiger partial charge in [0.15, 0.2) is 0 Å². The Morgan fingerprint density at radius 1 is 1.31 bits per heavy atom. The first-order valence-corrected chi connectivity index (χ1v) is 12.0. The maximum absolute atomic E-state index is 12.8. The van der Waals surface area contributed by atoms with Crippen molar-refractivity contribution in [3.8, 4) is 0 Å². The van der Waals surface area contributed by atoms with E-state index in [2.05, 4.69) is 30.1 Å². The van der Waals surface area contributed by atoms with E-state index < -0.39 is 6.10 Å². The van der Waals surface area contributed by atoms with Gasteiger partial charge in [-0.3, -0.25) is 5.10 Å². The fourth-order valence-corrected chi connectivity index (χ4v) is 8.01. The van der Waals surface area contributed by atoms with Crippen molar-refractivity contribution < 1.29 is 19.1 Å². The molecule has 0 saturated heterocycles. The first-order valence-electron chi connectivity index (χ1n) is 12.0. The summed E-state index contributed by atoms with van der Waals surface area (Å²) in [6.07, 6.45) is 10.8. The number of carbonyl (C=O) groups excluding carboxylic acids is 1. The van der Waals surface area contributed by atoms with Crippen LogP contribution in [0.15, 0.2) is 28.5 Å². The van der Waals surface area contributed by atoms with Crippen LogP contribution in [-0.4, -0.2) is 33.5 Å². The number of aliphatic hydroxyl groups excluding tert-OH is 1. The third kappa shape index (κ3) is 2.68. The van der Waals surface area contributed by atoms with Crippen LogP contribution in [-0.2, 0) is 11.2 Å². The first kappa shape index (κ1) is 20.3. The molecule has 0 bridgehead atoms. The van der Waals surface area contributed by atoms with Crippen LogP contribution in [0.1, 0.15) is 73.3 Å². The number of esters is 1. The summed E-state index contributed by atoms with van der Waals surface area (Å²) in [7, 11) is 0. The number of aliphatic hydroxyl groups is 1. The van der Waals surface area contributed by atoms with Crippen LogP contribution in [0.4, 0.5) is 0 Å². The summed E-state index contributed by atoms with van der Waals surface area (Å²) in [6.45, 7) is 6.45. The summed E-state index contributed by atoms with van der Waals surface area (Å²) in [5.74, 6) is 1.04. The smallest absolute Gasteiger partial charge is 0.374 e. The van der Waals surface area contributed by atoms with E-state index in [4.69, 9.17) is 9.15 Å². The zero-order valence-electron chi connectivity index (χ0n) is 19.1. The van der Waals surface area contributed by atoms with Crippen molar-refractivity contribution in [2.75, 3.05) is 0 Å². The van der Waals surface area contributed by atoms with Crippen LogP contribution in [0.25, 0.3) is 6.08 Å². The van der Waals surface area contributed by atoms with Gasteiger partial charge in [-0.15, -0.1) is 0 Å². The molecule has 6 heteroatoms. The predicted molar refractivity (Wildman–Crippen MR) is 119 cm³/mol. The van der Waals surface area contributed by atoms with Gasteiger partial charge < -0.3 is 14.3 Å². The molecule has 6 nitrogen and oxygen atoms in total. The number of hydrogen-bond donors (Lipinski definition) is 2. The molecular weight excluding hydrogens is 404 g/mol. The average Bonchev–Trinajstić information content (AvgIpc) is 3.44. The highest BCUT2D eigenvalue weighted by Crippen LogP contribution is 2.65. The third-order valence-corrected chi connectivity index (χ3v) is 9.50. The number of allylic oxidation sites excluding steroid dienone is 1. The van der Waals surface area contributed by atoms with E-state index >= 15 is 0 Å². The highest BCUT2D eigenvalue weighted by Gasteiger charge is 2.63. The SMILES string of the molecule is Cc1ccoc1C(=O)OC1CCC2C3CCC4=Cc5[nH]ncc5CC4(C)C3C(O)CC12C. The molecule has 0 amide bonds. The van der Waals surface area contributed by atoms with E-state index in [9.17, 15) is 9.90 Å². The number of fused-ring (bicyclic) bond motifs is 6. The molecule has 0 aromatic carbocycles. The number of nitrogens with zero attached hydrogens (tertiary/aromatic N) is 1. The monoisotopic (exact) mass is 436 g/mol. The summed E-state index contributed by atoms with van der Waals surface area (Å²) >= 11 is 0. The molecule has 0 aliphatic heterocycles. The molecule has 4 aliphatic rings. The molecule has 6 rings (SSSR count). The number of aromatic nitrogens is 2. The molecule has 2 aromatic heterocycles. The second-order valence-corrected chi connectivity index (χ2v) is 11.1. The van der Waals surface area contributed by atoms with Crippen molar-refractivity contribution in [1.82, 2.24) is 10.2 Å². The molecule has 7 unspecified atom stereocenters. The molecule has 32 heavy (non-hydrogen) atoms. The molecule has 2 heterocycles. The Balaban J connectivity index is 1.29. The van der Waals surface area contributed by atoms with Gasteiger partial charge in [0.25, 0.3) is 0 Å². The number of aromatic amines is 1. The lowest BCUT2D eigenvalue weighted by atomic mass is 9.46. The molecule has 170 valence electrons. The van der Waals surface area contributed by atoms with E-state index in [-0.39, 0.29) is 28.8 Å². The van der Waals surface area contributed by atoms with Gasteiger partial charge in [-0.25, -0.2) is 4.79 Å². The number of H-pyrrole nitrogens is 1. The lowest BCUT2D eigenvalue weighted by molar-refractivity contribution is -0.138. The van der Waals surface area contributed by atoms with Gasteiger partial charge in [-0.05, 0) is 86.3 Å². The fraction of sp³-hybridized carbons (Fsp3) is 0.615. The van der Waals surface area contributed by atoms with Crippen LogP contribution in [0, 0.1) is 35.5 Å². The average molecular weight is 437 g/mol. The second kappa shape index (κ2) is 6.83. The zero-order valence-corrected chi connectivity index (χ0v) is 19.1. The van der Waals surface area contributed by atoms with Gasteiger partial charge in [0.1, 0.15) is 6.10 Å². The number of furan rings is 1. The van der Waals surface area contributed by atoms with Gasteiger partial charge in [-0.1, -0.05) is 19.4 Å². The predicted octanol–water partition coefficient (Wildman–Crippen LogP) is 4.69. The largest absolute Gasteiger partial charge is 0.457 e.